The molecule has 3 N–H and O–H groups in total. The number of unbranched alkanes of at least 4 members (excludes halogenated alkanes) is 1. The smallest absolute Gasteiger partial charge is 0.303 e. The van der Waals surface area contributed by atoms with Crippen molar-refractivity contribution in [3.8, 4) is 11.1 Å². The van der Waals surface area contributed by atoms with Gasteiger partial charge in [0.05, 0.1) is 12.5 Å². The SMILES string of the molecule is O=C(O)CCCCN[C@H](C(=O)CCC(=O)O)c1ccc(-c2ccccc2)cc1. The van der Waals surface area contributed by atoms with Crippen LogP contribution in [0.1, 0.15) is 43.7 Å². The van der Waals surface area contributed by atoms with Crippen molar-refractivity contribution in [3.63, 3.8) is 0 Å². The number of nitrogens with one attached hydrogen (secondary N) is 1. The average molecular weight is 383 g/mol. The molecule has 0 unspecified atom stereocenters. The van der Waals surface area contributed by atoms with Gasteiger partial charge in [-0.2, -0.15) is 0 Å². The second-order valence-electron chi connectivity index (χ2n) is 6.59. The quantitative estimate of drug-likeness (QED) is 0.483. The van der Waals surface area contributed by atoms with Crippen LogP contribution in [-0.2, 0) is 14.4 Å². The summed E-state index contributed by atoms with van der Waals surface area (Å²) in [5.41, 5.74) is 2.88. The lowest BCUT2D eigenvalue weighted by molar-refractivity contribution is -0.139. The van der Waals surface area contributed by atoms with Crippen molar-refractivity contribution >= 4 is 17.7 Å². The van der Waals surface area contributed by atoms with E-state index in [-0.39, 0.29) is 25.0 Å². The van der Waals surface area contributed by atoms with Gasteiger partial charge in [-0.15, -0.1) is 0 Å². The first-order valence-electron chi connectivity index (χ1n) is 9.32. The first-order valence-corrected chi connectivity index (χ1v) is 9.32. The van der Waals surface area contributed by atoms with Crippen LogP contribution in [0.2, 0.25) is 0 Å². The van der Waals surface area contributed by atoms with Crippen molar-refractivity contribution in [1.29, 1.82) is 0 Å². The Morgan fingerprint density at radius 1 is 0.750 bits per heavy atom. The number of carbonyl (C=O) groups is 3. The van der Waals surface area contributed by atoms with Gasteiger partial charge >= 0.3 is 11.9 Å². The van der Waals surface area contributed by atoms with Crippen LogP contribution in [0.15, 0.2) is 54.6 Å². The lowest BCUT2D eigenvalue weighted by Crippen LogP contribution is -2.30. The van der Waals surface area contributed by atoms with Gasteiger partial charge in [0.25, 0.3) is 0 Å². The van der Waals surface area contributed by atoms with Gasteiger partial charge < -0.3 is 15.5 Å². The van der Waals surface area contributed by atoms with Gasteiger partial charge in [-0.1, -0.05) is 54.6 Å². The fourth-order valence-corrected chi connectivity index (χ4v) is 2.94. The minimum atomic E-state index is -1.01. The average Bonchev–Trinajstić information content (AvgIpc) is 2.69. The predicted octanol–water partition coefficient (Wildman–Crippen LogP) is 3.67. The van der Waals surface area contributed by atoms with Gasteiger partial charge in [-0.05, 0) is 36.1 Å². The second-order valence-corrected chi connectivity index (χ2v) is 6.59. The highest BCUT2D eigenvalue weighted by atomic mass is 16.4. The maximum absolute atomic E-state index is 12.6. The van der Waals surface area contributed by atoms with Crippen LogP contribution in [0.25, 0.3) is 11.1 Å². The van der Waals surface area contributed by atoms with E-state index in [1.165, 1.54) is 0 Å². The van der Waals surface area contributed by atoms with Crippen LogP contribution >= 0.6 is 0 Å². The summed E-state index contributed by atoms with van der Waals surface area (Å²) in [6.07, 6.45) is 0.966. The molecule has 0 saturated heterocycles. The summed E-state index contributed by atoms with van der Waals surface area (Å²) in [6, 6.07) is 16.9. The third-order valence-corrected chi connectivity index (χ3v) is 4.42. The zero-order valence-electron chi connectivity index (χ0n) is 15.6. The van der Waals surface area contributed by atoms with Crippen LogP contribution in [0.3, 0.4) is 0 Å². The second kappa shape index (κ2) is 11.0. The zero-order chi connectivity index (χ0) is 20.4. The van der Waals surface area contributed by atoms with Crippen LogP contribution in [-0.4, -0.2) is 34.5 Å². The number of hydrogen-bond donors (Lipinski definition) is 3. The molecule has 0 amide bonds. The summed E-state index contributed by atoms with van der Waals surface area (Å²) in [5.74, 6) is -2.04. The lowest BCUT2D eigenvalue weighted by Gasteiger charge is -2.18. The number of carbonyl (C=O) groups excluding carboxylic acids is 1. The Morgan fingerprint density at radius 3 is 1.96 bits per heavy atom. The maximum atomic E-state index is 12.6. The fraction of sp³-hybridized carbons (Fsp3) is 0.318. The van der Waals surface area contributed by atoms with Crippen LogP contribution in [0.5, 0.6) is 0 Å². The van der Waals surface area contributed by atoms with E-state index in [9.17, 15) is 14.4 Å². The van der Waals surface area contributed by atoms with Gasteiger partial charge in [0.1, 0.15) is 0 Å². The summed E-state index contributed by atoms with van der Waals surface area (Å²) < 4.78 is 0. The van der Waals surface area contributed by atoms with Crippen molar-refractivity contribution < 1.29 is 24.6 Å². The number of Topliss-reactive ketones (excluding diaryl/α,β-unsaturated/α-hetero) is 1. The molecule has 1 atom stereocenters. The molecule has 6 heteroatoms. The van der Waals surface area contributed by atoms with E-state index in [4.69, 9.17) is 10.2 Å². The predicted molar refractivity (Wildman–Crippen MR) is 106 cm³/mol. The molecule has 6 nitrogen and oxygen atoms in total. The Hall–Kier alpha value is -2.99. The maximum Gasteiger partial charge on any atom is 0.303 e. The number of hydrogen-bond acceptors (Lipinski definition) is 4. The van der Waals surface area contributed by atoms with Gasteiger partial charge in [0, 0.05) is 12.8 Å². The third-order valence-electron chi connectivity index (χ3n) is 4.42. The lowest BCUT2D eigenvalue weighted by atomic mass is 9.96. The molecule has 0 aliphatic heterocycles. The van der Waals surface area contributed by atoms with Crippen LogP contribution in [0, 0.1) is 0 Å². The number of carboxylic acid groups (broad SMARTS) is 2. The number of carboxylic acids is 2. The Morgan fingerprint density at radius 2 is 1.36 bits per heavy atom. The molecule has 0 spiro atoms. The summed E-state index contributed by atoms with van der Waals surface area (Å²) in [4.78, 5) is 33.9. The molecule has 0 aliphatic carbocycles. The minimum Gasteiger partial charge on any atom is -0.481 e. The topological polar surface area (TPSA) is 104 Å². The minimum absolute atomic E-state index is 0.0530. The molecule has 2 aromatic carbocycles. The largest absolute Gasteiger partial charge is 0.481 e. The molecule has 148 valence electrons. The monoisotopic (exact) mass is 383 g/mol. The van der Waals surface area contributed by atoms with Crippen molar-refractivity contribution in [2.45, 2.75) is 38.1 Å². The van der Waals surface area contributed by atoms with Crippen LogP contribution < -0.4 is 5.32 Å². The summed E-state index contributed by atoms with van der Waals surface area (Å²) in [5, 5.41) is 20.7. The number of aliphatic carboxylic acids is 2. The first-order chi connectivity index (χ1) is 13.5. The van der Waals surface area contributed by atoms with E-state index in [1.54, 1.807) is 0 Å². The Bertz CT molecular complexity index is 786. The van der Waals surface area contributed by atoms with E-state index in [2.05, 4.69) is 5.32 Å². The summed E-state index contributed by atoms with van der Waals surface area (Å²) in [7, 11) is 0. The summed E-state index contributed by atoms with van der Waals surface area (Å²) >= 11 is 0. The Labute approximate surface area is 164 Å². The van der Waals surface area contributed by atoms with Crippen LogP contribution in [0.4, 0.5) is 0 Å². The van der Waals surface area contributed by atoms with E-state index >= 15 is 0 Å². The number of benzene rings is 2. The van der Waals surface area contributed by atoms with Crippen molar-refractivity contribution in [2.75, 3.05) is 6.54 Å². The molecule has 0 bridgehead atoms. The molecule has 2 aromatic rings. The fourth-order valence-electron chi connectivity index (χ4n) is 2.94. The van der Waals surface area contributed by atoms with Gasteiger partial charge in [0.2, 0.25) is 0 Å². The molecule has 0 aromatic heterocycles. The Kier molecular flexibility index (Phi) is 8.37. The molecular weight excluding hydrogens is 358 g/mol. The zero-order valence-corrected chi connectivity index (χ0v) is 15.6. The molecule has 0 heterocycles. The summed E-state index contributed by atoms with van der Waals surface area (Å²) in [6.45, 7) is 0.483. The van der Waals surface area contributed by atoms with E-state index < -0.39 is 18.0 Å². The van der Waals surface area contributed by atoms with Gasteiger partial charge in [0.15, 0.2) is 5.78 Å². The highest BCUT2D eigenvalue weighted by molar-refractivity contribution is 5.88. The Balaban J connectivity index is 2.07. The van der Waals surface area contributed by atoms with Crippen molar-refractivity contribution in [1.82, 2.24) is 5.32 Å². The third kappa shape index (κ3) is 6.96. The van der Waals surface area contributed by atoms with Gasteiger partial charge in [-0.3, -0.25) is 14.4 Å². The molecule has 0 radical (unpaired) electrons. The van der Waals surface area contributed by atoms with Crippen molar-refractivity contribution in [2.24, 2.45) is 0 Å². The number of rotatable bonds is 12. The van der Waals surface area contributed by atoms with Gasteiger partial charge in [-0.25, -0.2) is 0 Å². The molecule has 0 aliphatic rings. The molecule has 2 rings (SSSR count). The van der Waals surface area contributed by atoms with E-state index in [1.807, 2.05) is 54.6 Å². The van der Waals surface area contributed by atoms with Crippen molar-refractivity contribution in [3.05, 3.63) is 60.2 Å². The molecular formula is C22H25NO5. The highest BCUT2D eigenvalue weighted by Gasteiger charge is 2.20. The molecule has 0 saturated carbocycles. The first kappa shape index (κ1) is 21.3. The van der Waals surface area contributed by atoms with E-state index in [0.717, 1.165) is 16.7 Å². The molecule has 0 fully saturated rings. The van der Waals surface area contributed by atoms with E-state index in [0.29, 0.717) is 19.4 Å². The standard InChI is InChI=1S/C22H25NO5/c24-19(13-14-21(27)28)22(23-15-5-4-8-20(25)26)18-11-9-17(10-12-18)16-6-2-1-3-7-16/h1-3,6-7,9-12,22-23H,4-5,8,13-15H2,(H,25,26)(H,27,28)/t22-/m0/s1. The highest BCUT2D eigenvalue weighted by Crippen LogP contribution is 2.23. The normalized spacial score (nSPS) is 11.7. The molecule has 28 heavy (non-hydrogen) atoms. The number of ketones is 1.